The Balaban J connectivity index is 1.90. The number of hydrogen-bond donors (Lipinski definition) is 1. The minimum atomic E-state index is 0.574. The first kappa shape index (κ1) is 13.5. The molecule has 4 heteroatoms. The Hall–Kier alpha value is -0.900. The van der Waals surface area contributed by atoms with E-state index in [4.69, 9.17) is 0 Å². The van der Waals surface area contributed by atoms with Crippen molar-refractivity contribution in [3.05, 3.63) is 12.2 Å². The summed E-state index contributed by atoms with van der Waals surface area (Å²) in [5.41, 5.74) is 0. The van der Waals surface area contributed by atoms with Crippen LogP contribution in [0, 0.1) is 5.92 Å². The minimum Gasteiger partial charge on any atom is -0.314 e. The van der Waals surface area contributed by atoms with Crippen molar-refractivity contribution >= 4 is 0 Å². The molecular weight excluding hydrogens is 224 g/mol. The molecule has 102 valence electrons. The zero-order chi connectivity index (χ0) is 12.8. The molecule has 1 heterocycles. The molecule has 18 heavy (non-hydrogen) atoms. The van der Waals surface area contributed by atoms with E-state index in [1.54, 1.807) is 6.33 Å². The Morgan fingerprint density at radius 3 is 2.89 bits per heavy atom. The van der Waals surface area contributed by atoms with E-state index >= 15 is 0 Å². The van der Waals surface area contributed by atoms with Crippen molar-refractivity contribution in [2.24, 2.45) is 5.92 Å². The largest absolute Gasteiger partial charge is 0.314 e. The SMILES string of the molecule is CCCNC(Cc1ncnn1CC)CC1CCC1. The Labute approximate surface area is 110 Å². The third-order valence-electron chi connectivity index (χ3n) is 3.95. The molecule has 4 nitrogen and oxygen atoms in total. The van der Waals surface area contributed by atoms with Crippen LogP contribution in [0.15, 0.2) is 6.33 Å². The molecule has 0 amide bonds. The van der Waals surface area contributed by atoms with Gasteiger partial charge in [-0.3, -0.25) is 4.68 Å². The molecule has 1 saturated carbocycles. The summed E-state index contributed by atoms with van der Waals surface area (Å²) in [7, 11) is 0. The summed E-state index contributed by atoms with van der Waals surface area (Å²) in [4.78, 5) is 4.40. The number of nitrogens with zero attached hydrogens (tertiary/aromatic N) is 3. The first-order valence-corrected chi connectivity index (χ1v) is 7.43. The summed E-state index contributed by atoms with van der Waals surface area (Å²) in [6.07, 6.45) is 9.47. The molecule has 1 aliphatic carbocycles. The van der Waals surface area contributed by atoms with Crippen LogP contribution in [-0.2, 0) is 13.0 Å². The highest BCUT2D eigenvalue weighted by molar-refractivity contribution is 4.91. The zero-order valence-corrected chi connectivity index (χ0v) is 11.7. The van der Waals surface area contributed by atoms with E-state index in [0.29, 0.717) is 6.04 Å². The van der Waals surface area contributed by atoms with Gasteiger partial charge in [0.1, 0.15) is 12.2 Å². The third-order valence-corrected chi connectivity index (χ3v) is 3.95. The van der Waals surface area contributed by atoms with Crippen molar-refractivity contribution in [2.75, 3.05) is 6.54 Å². The standard InChI is InChI=1S/C14H26N4/c1-3-8-15-13(9-12-6-5-7-12)10-14-16-11-17-18(14)4-2/h11-13,15H,3-10H2,1-2H3. The molecule has 1 fully saturated rings. The molecule has 0 aliphatic heterocycles. The molecule has 0 radical (unpaired) electrons. The summed E-state index contributed by atoms with van der Waals surface area (Å²) < 4.78 is 2.02. The lowest BCUT2D eigenvalue weighted by Gasteiger charge is -2.30. The summed E-state index contributed by atoms with van der Waals surface area (Å²) >= 11 is 0. The van der Waals surface area contributed by atoms with Gasteiger partial charge in [-0.15, -0.1) is 0 Å². The lowest BCUT2D eigenvalue weighted by molar-refractivity contribution is 0.256. The van der Waals surface area contributed by atoms with Gasteiger partial charge in [0.25, 0.3) is 0 Å². The fraction of sp³-hybridized carbons (Fsp3) is 0.857. The topological polar surface area (TPSA) is 42.7 Å². The van der Waals surface area contributed by atoms with E-state index in [1.807, 2.05) is 4.68 Å². The summed E-state index contributed by atoms with van der Waals surface area (Å²) in [6.45, 7) is 6.37. The van der Waals surface area contributed by atoms with E-state index in [2.05, 4.69) is 29.2 Å². The molecule has 0 aromatic carbocycles. The van der Waals surface area contributed by atoms with Crippen LogP contribution in [0.2, 0.25) is 0 Å². The maximum absolute atomic E-state index is 4.40. The van der Waals surface area contributed by atoms with Gasteiger partial charge in [0.2, 0.25) is 0 Å². The van der Waals surface area contributed by atoms with Gasteiger partial charge in [-0.05, 0) is 32.2 Å². The maximum Gasteiger partial charge on any atom is 0.138 e. The second-order valence-corrected chi connectivity index (χ2v) is 5.38. The second-order valence-electron chi connectivity index (χ2n) is 5.38. The van der Waals surface area contributed by atoms with Gasteiger partial charge in [-0.1, -0.05) is 26.2 Å². The molecule has 1 aromatic rings. The Morgan fingerprint density at radius 2 is 2.28 bits per heavy atom. The van der Waals surface area contributed by atoms with E-state index in [1.165, 1.54) is 32.1 Å². The predicted octanol–water partition coefficient (Wildman–Crippen LogP) is 2.40. The van der Waals surface area contributed by atoms with E-state index in [0.717, 1.165) is 31.3 Å². The Kier molecular flexibility index (Phi) is 5.17. The number of hydrogen-bond acceptors (Lipinski definition) is 3. The zero-order valence-electron chi connectivity index (χ0n) is 11.7. The van der Waals surface area contributed by atoms with Crippen LogP contribution in [0.25, 0.3) is 0 Å². The Bertz CT molecular complexity index is 343. The molecule has 0 spiro atoms. The number of nitrogens with one attached hydrogen (secondary N) is 1. The minimum absolute atomic E-state index is 0.574. The van der Waals surface area contributed by atoms with Crippen molar-refractivity contribution < 1.29 is 0 Å². The molecule has 0 bridgehead atoms. The Morgan fingerprint density at radius 1 is 1.44 bits per heavy atom. The number of aromatic nitrogens is 3. The van der Waals surface area contributed by atoms with E-state index in [9.17, 15) is 0 Å². The van der Waals surface area contributed by atoms with Gasteiger partial charge in [0.15, 0.2) is 0 Å². The van der Waals surface area contributed by atoms with Gasteiger partial charge in [0, 0.05) is 19.0 Å². The van der Waals surface area contributed by atoms with Crippen molar-refractivity contribution in [3.63, 3.8) is 0 Å². The lowest BCUT2D eigenvalue weighted by atomic mass is 9.80. The van der Waals surface area contributed by atoms with Crippen molar-refractivity contribution in [2.45, 2.75) is 65.0 Å². The van der Waals surface area contributed by atoms with Crippen LogP contribution in [-0.4, -0.2) is 27.4 Å². The third kappa shape index (κ3) is 3.55. The molecular formula is C14H26N4. The van der Waals surface area contributed by atoms with Gasteiger partial charge >= 0.3 is 0 Å². The van der Waals surface area contributed by atoms with Crippen LogP contribution < -0.4 is 5.32 Å². The van der Waals surface area contributed by atoms with Crippen LogP contribution in [0.5, 0.6) is 0 Å². The van der Waals surface area contributed by atoms with Crippen LogP contribution in [0.1, 0.15) is 51.8 Å². The van der Waals surface area contributed by atoms with E-state index in [-0.39, 0.29) is 0 Å². The molecule has 1 unspecified atom stereocenters. The van der Waals surface area contributed by atoms with Gasteiger partial charge in [-0.2, -0.15) is 5.10 Å². The average Bonchev–Trinajstić information content (AvgIpc) is 2.77. The summed E-state index contributed by atoms with van der Waals surface area (Å²) in [5.74, 6) is 2.07. The van der Waals surface area contributed by atoms with Crippen molar-refractivity contribution in [1.82, 2.24) is 20.1 Å². The van der Waals surface area contributed by atoms with Crippen LogP contribution in [0.4, 0.5) is 0 Å². The molecule has 1 atom stereocenters. The summed E-state index contributed by atoms with van der Waals surface area (Å²) in [6, 6.07) is 0.574. The smallest absolute Gasteiger partial charge is 0.138 e. The van der Waals surface area contributed by atoms with Gasteiger partial charge in [0.05, 0.1) is 0 Å². The fourth-order valence-electron chi connectivity index (χ4n) is 2.65. The molecule has 2 rings (SSSR count). The highest BCUT2D eigenvalue weighted by Gasteiger charge is 2.23. The highest BCUT2D eigenvalue weighted by Crippen LogP contribution is 2.31. The molecule has 1 N–H and O–H groups in total. The maximum atomic E-state index is 4.40. The second kappa shape index (κ2) is 6.88. The van der Waals surface area contributed by atoms with Gasteiger partial charge in [-0.25, -0.2) is 4.98 Å². The van der Waals surface area contributed by atoms with Gasteiger partial charge < -0.3 is 5.32 Å². The number of aryl methyl sites for hydroxylation is 1. The van der Waals surface area contributed by atoms with E-state index < -0.39 is 0 Å². The molecule has 1 aromatic heterocycles. The average molecular weight is 250 g/mol. The lowest BCUT2D eigenvalue weighted by Crippen LogP contribution is -2.36. The molecule has 1 aliphatic rings. The first-order chi connectivity index (χ1) is 8.83. The number of rotatable bonds is 8. The van der Waals surface area contributed by atoms with Crippen molar-refractivity contribution in [1.29, 1.82) is 0 Å². The quantitative estimate of drug-likeness (QED) is 0.770. The first-order valence-electron chi connectivity index (χ1n) is 7.43. The monoisotopic (exact) mass is 250 g/mol. The normalized spacial score (nSPS) is 17.7. The predicted molar refractivity (Wildman–Crippen MR) is 73.4 cm³/mol. The fourth-order valence-corrected chi connectivity index (χ4v) is 2.65. The van der Waals surface area contributed by atoms with Crippen molar-refractivity contribution in [3.8, 4) is 0 Å². The van der Waals surface area contributed by atoms with Crippen LogP contribution in [0.3, 0.4) is 0 Å². The molecule has 0 saturated heterocycles. The van der Waals surface area contributed by atoms with Crippen LogP contribution >= 0.6 is 0 Å². The highest BCUT2D eigenvalue weighted by atomic mass is 15.3. The summed E-state index contributed by atoms with van der Waals surface area (Å²) in [5, 5.41) is 7.94.